The van der Waals surface area contributed by atoms with E-state index in [1.54, 1.807) is 29.2 Å². The fraction of sp³-hybridized carbons (Fsp3) is 0.529. The van der Waals surface area contributed by atoms with Gasteiger partial charge in [-0.25, -0.2) is 4.79 Å². The number of aliphatic hydroxyl groups excluding tert-OH is 1. The predicted molar refractivity (Wildman–Crippen MR) is 89.5 cm³/mol. The Bertz CT molecular complexity index is 518. The van der Waals surface area contributed by atoms with Gasteiger partial charge in [0.15, 0.2) is 0 Å². The molecule has 0 atom stereocenters. The van der Waals surface area contributed by atoms with Gasteiger partial charge in [0.25, 0.3) is 5.91 Å². The molecular formula is C17H25N3O3. The van der Waals surface area contributed by atoms with Crippen molar-refractivity contribution in [1.82, 2.24) is 9.80 Å². The molecule has 1 aliphatic rings. The van der Waals surface area contributed by atoms with E-state index in [1.165, 1.54) is 0 Å². The molecule has 0 aliphatic carbocycles. The Balaban J connectivity index is 1.96. The summed E-state index contributed by atoms with van der Waals surface area (Å²) in [7, 11) is 0. The Morgan fingerprint density at radius 2 is 1.83 bits per heavy atom. The van der Waals surface area contributed by atoms with E-state index in [0.29, 0.717) is 24.3 Å². The lowest BCUT2D eigenvalue weighted by Gasteiger charge is -2.21. The fourth-order valence-electron chi connectivity index (χ4n) is 2.71. The van der Waals surface area contributed by atoms with Crippen LogP contribution in [0, 0.1) is 0 Å². The van der Waals surface area contributed by atoms with Gasteiger partial charge in [-0.15, -0.1) is 0 Å². The minimum Gasteiger partial charge on any atom is -0.395 e. The van der Waals surface area contributed by atoms with Gasteiger partial charge in [-0.3, -0.25) is 4.79 Å². The number of likely N-dealkylation sites (tertiary alicyclic amines) is 1. The van der Waals surface area contributed by atoms with E-state index in [-0.39, 0.29) is 18.5 Å². The van der Waals surface area contributed by atoms with Crippen LogP contribution in [0.4, 0.5) is 10.5 Å². The summed E-state index contributed by atoms with van der Waals surface area (Å²) < 4.78 is 0. The number of nitrogens with one attached hydrogen (secondary N) is 1. The van der Waals surface area contributed by atoms with Crippen molar-refractivity contribution < 1.29 is 14.7 Å². The third-order valence-corrected chi connectivity index (χ3v) is 3.93. The van der Waals surface area contributed by atoms with Crippen LogP contribution in [0.3, 0.4) is 0 Å². The quantitative estimate of drug-likeness (QED) is 0.844. The van der Waals surface area contributed by atoms with E-state index in [9.17, 15) is 9.59 Å². The fourth-order valence-corrected chi connectivity index (χ4v) is 2.71. The van der Waals surface area contributed by atoms with E-state index < -0.39 is 0 Å². The van der Waals surface area contributed by atoms with Gasteiger partial charge in [0.2, 0.25) is 0 Å². The van der Waals surface area contributed by atoms with Crippen molar-refractivity contribution in [2.45, 2.75) is 26.2 Å². The Labute approximate surface area is 137 Å². The molecule has 2 rings (SSSR count). The Kier molecular flexibility index (Phi) is 6.40. The molecule has 2 N–H and O–H groups in total. The highest BCUT2D eigenvalue weighted by atomic mass is 16.3. The largest absolute Gasteiger partial charge is 0.395 e. The monoisotopic (exact) mass is 319 g/mol. The molecule has 0 radical (unpaired) electrons. The summed E-state index contributed by atoms with van der Waals surface area (Å²) in [4.78, 5) is 27.8. The minimum absolute atomic E-state index is 0.0493. The molecule has 6 nitrogen and oxygen atoms in total. The number of hydrogen-bond donors (Lipinski definition) is 2. The summed E-state index contributed by atoms with van der Waals surface area (Å²) in [6, 6.07) is 6.73. The standard InChI is InChI=1S/C17H25N3O3/c1-2-9-20(12-13-21)17(23)18-15-7-5-14(6-8-15)16(22)19-10-3-4-11-19/h5-8,21H,2-4,9-13H2,1H3,(H,18,23). The van der Waals surface area contributed by atoms with Crippen molar-refractivity contribution in [1.29, 1.82) is 0 Å². The summed E-state index contributed by atoms with van der Waals surface area (Å²) >= 11 is 0. The molecule has 6 heteroatoms. The van der Waals surface area contributed by atoms with Crippen LogP contribution in [0.1, 0.15) is 36.5 Å². The summed E-state index contributed by atoms with van der Waals surface area (Å²) in [5.74, 6) is 0.0493. The molecule has 1 fully saturated rings. The highest BCUT2D eigenvalue weighted by molar-refractivity contribution is 5.95. The molecule has 1 saturated heterocycles. The highest BCUT2D eigenvalue weighted by Gasteiger charge is 2.19. The number of anilines is 1. The van der Waals surface area contributed by atoms with Gasteiger partial charge >= 0.3 is 6.03 Å². The average Bonchev–Trinajstić information content (AvgIpc) is 3.09. The molecule has 126 valence electrons. The topological polar surface area (TPSA) is 72.9 Å². The van der Waals surface area contributed by atoms with E-state index in [0.717, 1.165) is 32.4 Å². The summed E-state index contributed by atoms with van der Waals surface area (Å²) in [6.45, 7) is 4.48. The van der Waals surface area contributed by atoms with E-state index in [2.05, 4.69) is 5.32 Å². The van der Waals surface area contributed by atoms with E-state index >= 15 is 0 Å². The molecule has 1 aromatic carbocycles. The van der Waals surface area contributed by atoms with Gasteiger partial charge < -0.3 is 20.2 Å². The van der Waals surface area contributed by atoms with Crippen LogP contribution in [0.5, 0.6) is 0 Å². The average molecular weight is 319 g/mol. The molecule has 1 aromatic rings. The highest BCUT2D eigenvalue weighted by Crippen LogP contribution is 2.15. The lowest BCUT2D eigenvalue weighted by molar-refractivity contribution is 0.0793. The maximum absolute atomic E-state index is 12.3. The predicted octanol–water partition coefficient (Wildman–Crippen LogP) is 2.16. The summed E-state index contributed by atoms with van der Waals surface area (Å²) in [6.07, 6.45) is 2.96. The zero-order valence-corrected chi connectivity index (χ0v) is 13.6. The van der Waals surface area contributed by atoms with Crippen LogP contribution < -0.4 is 5.32 Å². The zero-order chi connectivity index (χ0) is 16.7. The van der Waals surface area contributed by atoms with Crippen LogP contribution in [-0.4, -0.2) is 59.6 Å². The normalized spacial score (nSPS) is 13.9. The molecule has 3 amide bonds. The molecule has 1 aliphatic heterocycles. The van der Waals surface area contributed by atoms with Crippen molar-refractivity contribution in [2.24, 2.45) is 0 Å². The maximum atomic E-state index is 12.3. The Hall–Kier alpha value is -2.08. The molecule has 0 bridgehead atoms. The number of benzene rings is 1. The number of carbonyl (C=O) groups excluding carboxylic acids is 2. The van der Waals surface area contributed by atoms with Gasteiger partial charge in [0, 0.05) is 37.4 Å². The van der Waals surface area contributed by atoms with Crippen LogP contribution >= 0.6 is 0 Å². The van der Waals surface area contributed by atoms with E-state index in [1.807, 2.05) is 11.8 Å². The third kappa shape index (κ3) is 4.69. The van der Waals surface area contributed by atoms with Gasteiger partial charge in [-0.1, -0.05) is 6.92 Å². The van der Waals surface area contributed by atoms with Crippen LogP contribution in [0.15, 0.2) is 24.3 Å². The van der Waals surface area contributed by atoms with Gasteiger partial charge in [-0.05, 0) is 43.5 Å². The Morgan fingerprint density at radius 1 is 1.17 bits per heavy atom. The number of amides is 3. The number of urea groups is 1. The van der Waals surface area contributed by atoms with Gasteiger partial charge in [0.1, 0.15) is 0 Å². The lowest BCUT2D eigenvalue weighted by atomic mass is 10.2. The van der Waals surface area contributed by atoms with Gasteiger partial charge in [-0.2, -0.15) is 0 Å². The first-order valence-corrected chi connectivity index (χ1v) is 8.22. The number of carbonyl (C=O) groups is 2. The molecule has 0 saturated carbocycles. The second kappa shape index (κ2) is 8.53. The minimum atomic E-state index is -0.237. The zero-order valence-electron chi connectivity index (χ0n) is 13.6. The summed E-state index contributed by atoms with van der Waals surface area (Å²) in [5, 5.41) is 11.8. The second-order valence-corrected chi connectivity index (χ2v) is 5.72. The number of hydrogen-bond acceptors (Lipinski definition) is 3. The number of rotatable bonds is 6. The SMILES string of the molecule is CCCN(CCO)C(=O)Nc1ccc(C(=O)N2CCCC2)cc1. The first-order valence-electron chi connectivity index (χ1n) is 8.22. The van der Waals surface area contributed by atoms with Crippen molar-refractivity contribution in [3.8, 4) is 0 Å². The third-order valence-electron chi connectivity index (χ3n) is 3.93. The van der Waals surface area contributed by atoms with Crippen LogP contribution in [0.25, 0.3) is 0 Å². The van der Waals surface area contributed by atoms with E-state index in [4.69, 9.17) is 5.11 Å². The molecule has 1 heterocycles. The second-order valence-electron chi connectivity index (χ2n) is 5.72. The number of nitrogens with zero attached hydrogens (tertiary/aromatic N) is 2. The van der Waals surface area contributed by atoms with Crippen LogP contribution in [0.2, 0.25) is 0 Å². The lowest BCUT2D eigenvalue weighted by Crippen LogP contribution is -2.37. The first kappa shape index (κ1) is 17.3. The van der Waals surface area contributed by atoms with Gasteiger partial charge in [0.05, 0.1) is 6.61 Å². The molecule has 23 heavy (non-hydrogen) atoms. The first-order chi connectivity index (χ1) is 11.2. The van der Waals surface area contributed by atoms with Crippen LogP contribution in [-0.2, 0) is 0 Å². The molecule has 0 aromatic heterocycles. The molecular weight excluding hydrogens is 294 g/mol. The van der Waals surface area contributed by atoms with Crippen molar-refractivity contribution >= 4 is 17.6 Å². The molecule has 0 unspecified atom stereocenters. The maximum Gasteiger partial charge on any atom is 0.321 e. The smallest absolute Gasteiger partial charge is 0.321 e. The molecule has 0 spiro atoms. The summed E-state index contributed by atoms with van der Waals surface area (Å²) in [5.41, 5.74) is 1.29. The van der Waals surface area contributed by atoms with Crippen molar-refractivity contribution in [3.05, 3.63) is 29.8 Å². The van der Waals surface area contributed by atoms with Crippen molar-refractivity contribution in [3.63, 3.8) is 0 Å². The Morgan fingerprint density at radius 3 is 2.39 bits per heavy atom. The number of aliphatic hydroxyl groups is 1. The van der Waals surface area contributed by atoms with Crippen molar-refractivity contribution in [2.75, 3.05) is 38.1 Å².